The molecular weight excluding hydrogens is 338 g/mol. The molecule has 1 unspecified atom stereocenters. The molecule has 8 heteroatoms. The van der Waals surface area contributed by atoms with Crippen LogP contribution in [0.25, 0.3) is 11.1 Å². The Labute approximate surface area is 149 Å². The minimum atomic E-state index is -0.421. The van der Waals surface area contributed by atoms with Gasteiger partial charge in [-0.25, -0.2) is 4.98 Å². The lowest BCUT2D eigenvalue weighted by Crippen LogP contribution is -2.28. The maximum atomic E-state index is 12.7. The number of amides is 1. The number of nitrogens with zero attached hydrogens (tertiary/aromatic N) is 1. The monoisotopic (exact) mass is 357 g/mol. The van der Waals surface area contributed by atoms with Gasteiger partial charge in [0.25, 0.3) is 11.5 Å². The van der Waals surface area contributed by atoms with E-state index in [1.807, 2.05) is 13.0 Å². The summed E-state index contributed by atoms with van der Waals surface area (Å²) in [5, 5.41) is 3.01. The third-order valence-electron chi connectivity index (χ3n) is 4.15. The van der Waals surface area contributed by atoms with Crippen molar-refractivity contribution in [3.8, 4) is 11.5 Å². The summed E-state index contributed by atoms with van der Waals surface area (Å²) >= 11 is 0. The summed E-state index contributed by atoms with van der Waals surface area (Å²) < 4.78 is 15.9. The van der Waals surface area contributed by atoms with E-state index in [4.69, 9.17) is 13.9 Å². The smallest absolute Gasteiger partial charge is 0.262 e. The molecule has 8 nitrogen and oxygen atoms in total. The molecule has 2 N–H and O–H groups in total. The summed E-state index contributed by atoms with van der Waals surface area (Å²) in [5.74, 6) is 1.09. The Hall–Kier alpha value is -3.29. The zero-order valence-electron chi connectivity index (χ0n) is 14.9. The van der Waals surface area contributed by atoms with Gasteiger partial charge in [-0.1, -0.05) is 6.07 Å². The highest BCUT2D eigenvalue weighted by molar-refractivity contribution is 6.06. The number of methoxy groups -OCH3 is 2. The highest BCUT2D eigenvalue weighted by Gasteiger charge is 2.23. The molecule has 2 heterocycles. The molecule has 0 saturated heterocycles. The van der Waals surface area contributed by atoms with Crippen molar-refractivity contribution in [1.82, 2.24) is 15.3 Å². The quantitative estimate of drug-likeness (QED) is 0.726. The van der Waals surface area contributed by atoms with Gasteiger partial charge in [-0.05, 0) is 31.5 Å². The first-order chi connectivity index (χ1) is 12.5. The van der Waals surface area contributed by atoms with Gasteiger partial charge in [0.05, 0.1) is 32.2 Å². The number of rotatable bonds is 5. The topological polar surface area (TPSA) is 106 Å². The maximum Gasteiger partial charge on any atom is 0.262 e. The predicted molar refractivity (Wildman–Crippen MR) is 94.8 cm³/mol. The van der Waals surface area contributed by atoms with Gasteiger partial charge in [-0.3, -0.25) is 9.59 Å². The van der Waals surface area contributed by atoms with Crippen LogP contribution in [0.2, 0.25) is 0 Å². The molecule has 0 radical (unpaired) electrons. The number of furan rings is 1. The number of aromatic amines is 1. The molecule has 0 saturated carbocycles. The van der Waals surface area contributed by atoms with Crippen molar-refractivity contribution in [3.05, 3.63) is 51.8 Å². The minimum absolute atomic E-state index is 0.134. The second-order valence-corrected chi connectivity index (χ2v) is 5.75. The molecule has 26 heavy (non-hydrogen) atoms. The number of hydrogen-bond acceptors (Lipinski definition) is 6. The first-order valence-corrected chi connectivity index (χ1v) is 7.95. The molecule has 3 aromatic rings. The summed E-state index contributed by atoms with van der Waals surface area (Å²) in [6.45, 7) is 3.45. The van der Waals surface area contributed by atoms with E-state index in [1.165, 1.54) is 6.33 Å². The van der Waals surface area contributed by atoms with Crippen LogP contribution in [-0.2, 0) is 0 Å². The fourth-order valence-corrected chi connectivity index (χ4v) is 2.80. The van der Waals surface area contributed by atoms with E-state index in [9.17, 15) is 9.59 Å². The number of hydrogen-bond donors (Lipinski definition) is 2. The van der Waals surface area contributed by atoms with E-state index in [1.54, 1.807) is 33.3 Å². The van der Waals surface area contributed by atoms with E-state index in [2.05, 4.69) is 15.3 Å². The molecule has 0 aliphatic heterocycles. The summed E-state index contributed by atoms with van der Waals surface area (Å²) in [5.41, 5.74) is 0.723. The molecule has 0 aliphatic rings. The molecule has 3 rings (SSSR count). The van der Waals surface area contributed by atoms with Crippen molar-refractivity contribution in [2.75, 3.05) is 14.2 Å². The van der Waals surface area contributed by atoms with Gasteiger partial charge < -0.3 is 24.2 Å². The second kappa shape index (κ2) is 6.91. The number of H-pyrrole nitrogens is 1. The van der Waals surface area contributed by atoms with Gasteiger partial charge in [-0.2, -0.15) is 0 Å². The van der Waals surface area contributed by atoms with E-state index in [0.717, 1.165) is 5.56 Å². The number of fused-ring (bicyclic) bond motifs is 1. The third-order valence-corrected chi connectivity index (χ3v) is 4.15. The Morgan fingerprint density at radius 3 is 2.69 bits per heavy atom. The van der Waals surface area contributed by atoms with Crippen LogP contribution in [0.15, 0.2) is 33.7 Å². The Morgan fingerprint density at radius 2 is 2.00 bits per heavy atom. The molecular formula is C18H19N3O5. The van der Waals surface area contributed by atoms with E-state index in [-0.39, 0.29) is 22.7 Å². The number of carbonyl (C=O) groups excluding carboxylic acids is 1. The van der Waals surface area contributed by atoms with Crippen LogP contribution in [0.3, 0.4) is 0 Å². The molecule has 1 aromatic carbocycles. The Morgan fingerprint density at radius 1 is 1.27 bits per heavy atom. The first kappa shape index (κ1) is 17.5. The summed E-state index contributed by atoms with van der Waals surface area (Å²) in [6, 6.07) is 5.06. The largest absolute Gasteiger partial charge is 0.493 e. The third kappa shape index (κ3) is 3.01. The zero-order chi connectivity index (χ0) is 18.8. The highest BCUT2D eigenvalue weighted by atomic mass is 16.5. The van der Waals surface area contributed by atoms with Crippen LogP contribution in [-0.4, -0.2) is 30.1 Å². The molecule has 0 fully saturated rings. The van der Waals surface area contributed by atoms with E-state index < -0.39 is 11.5 Å². The lowest BCUT2D eigenvalue weighted by molar-refractivity contribution is 0.0939. The van der Waals surface area contributed by atoms with Gasteiger partial charge in [0.1, 0.15) is 11.1 Å². The number of nitrogens with one attached hydrogen (secondary N) is 2. The lowest BCUT2D eigenvalue weighted by Gasteiger charge is -2.16. The van der Waals surface area contributed by atoms with Crippen molar-refractivity contribution in [3.63, 3.8) is 0 Å². The van der Waals surface area contributed by atoms with Gasteiger partial charge in [0.2, 0.25) is 5.71 Å². The average molecular weight is 357 g/mol. The van der Waals surface area contributed by atoms with Crippen LogP contribution in [0.4, 0.5) is 0 Å². The van der Waals surface area contributed by atoms with Crippen LogP contribution in [0.5, 0.6) is 11.5 Å². The number of benzene rings is 1. The summed E-state index contributed by atoms with van der Waals surface area (Å²) in [7, 11) is 3.10. The van der Waals surface area contributed by atoms with Crippen molar-refractivity contribution in [2.24, 2.45) is 0 Å². The minimum Gasteiger partial charge on any atom is -0.493 e. The van der Waals surface area contributed by atoms with Gasteiger partial charge in [-0.15, -0.1) is 0 Å². The molecule has 0 spiro atoms. The summed E-state index contributed by atoms with van der Waals surface area (Å²) in [6.07, 6.45) is 1.24. The highest BCUT2D eigenvalue weighted by Crippen LogP contribution is 2.30. The van der Waals surface area contributed by atoms with Crippen LogP contribution < -0.4 is 20.3 Å². The first-order valence-electron chi connectivity index (χ1n) is 7.95. The van der Waals surface area contributed by atoms with Crippen molar-refractivity contribution >= 4 is 17.0 Å². The average Bonchev–Trinajstić information content (AvgIpc) is 2.98. The molecule has 136 valence electrons. The van der Waals surface area contributed by atoms with E-state index in [0.29, 0.717) is 17.3 Å². The zero-order valence-corrected chi connectivity index (χ0v) is 14.9. The van der Waals surface area contributed by atoms with Gasteiger partial charge in [0, 0.05) is 0 Å². The molecule has 1 atom stereocenters. The number of carbonyl (C=O) groups is 1. The molecule has 0 bridgehead atoms. The Balaban J connectivity index is 1.91. The lowest BCUT2D eigenvalue weighted by atomic mass is 10.1. The van der Waals surface area contributed by atoms with Gasteiger partial charge >= 0.3 is 0 Å². The maximum absolute atomic E-state index is 12.7. The van der Waals surface area contributed by atoms with Crippen LogP contribution in [0, 0.1) is 6.92 Å². The predicted octanol–water partition coefficient (Wildman–Crippen LogP) is 2.33. The second-order valence-electron chi connectivity index (χ2n) is 5.75. The van der Waals surface area contributed by atoms with Crippen molar-refractivity contribution < 1.29 is 18.7 Å². The van der Waals surface area contributed by atoms with E-state index >= 15 is 0 Å². The Kier molecular flexibility index (Phi) is 4.66. The number of aryl methyl sites for hydroxylation is 1. The fraction of sp³-hybridized carbons (Fsp3) is 0.278. The fourth-order valence-electron chi connectivity index (χ4n) is 2.80. The molecule has 0 aliphatic carbocycles. The normalized spacial score (nSPS) is 12.0. The summed E-state index contributed by atoms with van der Waals surface area (Å²) in [4.78, 5) is 31.2. The van der Waals surface area contributed by atoms with Crippen molar-refractivity contribution in [1.29, 1.82) is 0 Å². The number of ether oxygens (including phenoxy) is 2. The molecule has 2 aromatic heterocycles. The van der Waals surface area contributed by atoms with Crippen molar-refractivity contribution in [2.45, 2.75) is 19.9 Å². The van der Waals surface area contributed by atoms with Crippen LogP contribution >= 0.6 is 0 Å². The SMILES string of the molecule is COc1ccc(C(C)NC(=O)c2c(C)oc3nc[nH]c(=O)c23)cc1OC. The standard InChI is InChI=1S/C18H19N3O5/c1-9(11-5-6-12(24-3)13(7-11)25-4)21-17(23)14-10(2)26-18-15(14)16(22)19-8-20-18/h5-9H,1-4H3,(H,21,23)(H,19,20,22). The molecule has 1 amide bonds. The van der Waals surface area contributed by atoms with Crippen LogP contribution in [0.1, 0.15) is 34.6 Å². The number of aromatic nitrogens is 2. The van der Waals surface area contributed by atoms with Gasteiger partial charge in [0.15, 0.2) is 11.5 Å². The Bertz CT molecular complexity index is 1020.